The fourth-order valence-corrected chi connectivity index (χ4v) is 7.70. The number of hydrogen-bond acceptors (Lipinski definition) is 4. The summed E-state index contributed by atoms with van der Waals surface area (Å²) in [6.45, 7) is 7.08. The van der Waals surface area contributed by atoms with Gasteiger partial charge in [0.05, 0.1) is 11.1 Å². The number of likely N-dealkylation sites (tertiary alicyclic amines) is 2. The van der Waals surface area contributed by atoms with Gasteiger partial charge in [-0.1, -0.05) is 60.7 Å². The molecule has 2 atom stereocenters. The molecule has 3 fully saturated rings. The Balaban J connectivity index is 1.10. The number of rotatable bonds is 7. The highest BCUT2D eigenvalue weighted by molar-refractivity contribution is 5.95. The first-order valence-corrected chi connectivity index (χ1v) is 16.8. The molecule has 0 N–H and O–H groups in total. The van der Waals surface area contributed by atoms with Crippen LogP contribution in [0.15, 0.2) is 78.9 Å². The van der Waals surface area contributed by atoms with E-state index in [2.05, 4.69) is 39.0 Å². The summed E-state index contributed by atoms with van der Waals surface area (Å²) in [5.41, 5.74) is -1.24. The van der Waals surface area contributed by atoms with E-state index in [1.165, 1.54) is 10.5 Å². The van der Waals surface area contributed by atoms with Gasteiger partial charge in [0.2, 0.25) is 0 Å². The van der Waals surface area contributed by atoms with E-state index in [-0.39, 0.29) is 24.7 Å². The Morgan fingerprint density at radius 2 is 1.12 bits per heavy atom. The molecule has 0 spiro atoms. The zero-order valence-corrected chi connectivity index (χ0v) is 26.9. The van der Waals surface area contributed by atoms with Crippen molar-refractivity contribution in [2.45, 2.75) is 69.1 Å². The average molecular weight is 673 g/mol. The van der Waals surface area contributed by atoms with Crippen molar-refractivity contribution < 1.29 is 31.1 Å². The lowest BCUT2D eigenvalue weighted by Gasteiger charge is -2.48. The van der Waals surface area contributed by atoms with E-state index in [1.807, 2.05) is 36.4 Å². The number of nitrogens with zero attached hydrogens (tertiary/aromatic N) is 4. The van der Waals surface area contributed by atoms with Gasteiger partial charge in [0, 0.05) is 63.0 Å². The molecule has 2 unspecified atom stereocenters. The van der Waals surface area contributed by atoms with Crippen molar-refractivity contribution in [3.05, 3.63) is 107 Å². The molecule has 6 rings (SSSR count). The maximum Gasteiger partial charge on any atom is 0.416 e. The van der Waals surface area contributed by atoms with Gasteiger partial charge in [0.25, 0.3) is 5.91 Å². The minimum Gasteiger partial charge on any atom is -0.335 e. The molecular weight excluding hydrogens is 630 g/mol. The van der Waals surface area contributed by atoms with Crippen molar-refractivity contribution in [1.29, 1.82) is 0 Å². The molecule has 1 amide bonds. The molecule has 3 heterocycles. The first kappa shape index (κ1) is 34.5. The normalized spacial score (nSPS) is 22.6. The van der Waals surface area contributed by atoms with Crippen molar-refractivity contribution >= 4 is 5.91 Å². The number of benzene rings is 3. The second kappa shape index (κ2) is 14.6. The predicted octanol–water partition coefficient (Wildman–Crippen LogP) is 7.22. The van der Waals surface area contributed by atoms with Crippen molar-refractivity contribution in [3.63, 3.8) is 0 Å². The van der Waals surface area contributed by atoms with Crippen LogP contribution in [-0.4, -0.2) is 89.4 Å². The Kier molecular flexibility index (Phi) is 10.5. The maximum absolute atomic E-state index is 13.8. The molecule has 5 nitrogen and oxygen atoms in total. The summed E-state index contributed by atoms with van der Waals surface area (Å²) in [4.78, 5) is 22.8. The van der Waals surface area contributed by atoms with Crippen LogP contribution in [0.4, 0.5) is 26.3 Å². The van der Waals surface area contributed by atoms with E-state index in [4.69, 9.17) is 0 Å². The van der Waals surface area contributed by atoms with Gasteiger partial charge < -0.3 is 4.90 Å². The minimum atomic E-state index is -5.02. The number of amides is 1. The van der Waals surface area contributed by atoms with Crippen LogP contribution in [0.1, 0.15) is 58.3 Å². The number of piperazine rings is 1. The van der Waals surface area contributed by atoms with Crippen LogP contribution in [-0.2, 0) is 25.3 Å². The summed E-state index contributed by atoms with van der Waals surface area (Å²) in [7, 11) is 0. The highest BCUT2D eigenvalue weighted by atomic mass is 19.4. The van der Waals surface area contributed by atoms with Gasteiger partial charge in [-0.2, -0.15) is 26.3 Å². The van der Waals surface area contributed by atoms with Gasteiger partial charge in [0.1, 0.15) is 0 Å². The molecule has 3 aliphatic rings. The quantitative estimate of drug-likeness (QED) is 0.248. The average Bonchev–Trinajstić information content (AvgIpc) is 3.08. The molecule has 0 radical (unpaired) electrons. The molecule has 0 bridgehead atoms. The fraction of sp³-hybridized carbons (Fsp3) is 0.486. The molecule has 48 heavy (non-hydrogen) atoms. The number of hydrogen-bond donors (Lipinski definition) is 0. The first-order chi connectivity index (χ1) is 22.9. The molecule has 0 aliphatic carbocycles. The molecule has 3 aromatic carbocycles. The molecule has 3 aromatic rings. The highest BCUT2D eigenvalue weighted by Crippen LogP contribution is 2.37. The third-order valence-corrected chi connectivity index (χ3v) is 10.3. The SMILES string of the molecule is O=C(c1cc(C(F)(F)F)cc(C(F)(F)F)c1)N1CCC(N2CCN(C3CCN(Cc4ccccc4)CC3)CC2)CC1Cc1ccccc1. The van der Waals surface area contributed by atoms with Crippen molar-refractivity contribution in [3.8, 4) is 0 Å². The van der Waals surface area contributed by atoms with E-state index < -0.39 is 35.0 Å². The standard InChI is InChI=1S/C37H42F6N4O/c38-36(39,40)30-22-29(23-31(24-30)37(41,42)43)35(48)47-16-13-33(25-34(47)21-27-7-3-1-4-8-27)46-19-17-45(18-20-46)32-11-14-44(15-12-32)26-28-9-5-2-6-10-28/h1-10,22-24,32-34H,11-21,25-26H2. The molecule has 11 heteroatoms. The lowest BCUT2D eigenvalue weighted by molar-refractivity contribution is -0.143. The zero-order chi connectivity index (χ0) is 33.9. The van der Waals surface area contributed by atoms with Crippen molar-refractivity contribution in [2.75, 3.05) is 45.8 Å². The number of alkyl halides is 6. The van der Waals surface area contributed by atoms with Crippen LogP contribution in [0.5, 0.6) is 0 Å². The molecule has 0 aromatic heterocycles. The Morgan fingerprint density at radius 3 is 1.67 bits per heavy atom. The van der Waals surface area contributed by atoms with Gasteiger partial charge in [-0.3, -0.25) is 19.5 Å². The number of carbonyl (C=O) groups is 1. The van der Waals surface area contributed by atoms with Gasteiger partial charge in [0.15, 0.2) is 0 Å². The monoisotopic (exact) mass is 672 g/mol. The number of carbonyl (C=O) groups excluding carboxylic acids is 1. The summed E-state index contributed by atoms with van der Waals surface area (Å²) in [6.07, 6.45) is -6.09. The van der Waals surface area contributed by atoms with E-state index in [1.54, 1.807) is 0 Å². The summed E-state index contributed by atoms with van der Waals surface area (Å²) in [5.74, 6) is -0.797. The van der Waals surface area contributed by atoms with Gasteiger partial charge in [-0.25, -0.2) is 0 Å². The molecule has 0 saturated carbocycles. The fourth-order valence-electron chi connectivity index (χ4n) is 7.70. The van der Waals surface area contributed by atoms with Crippen LogP contribution >= 0.6 is 0 Å². The number of piperidine rings is 2. The van der Waals surface area contributed by atoms with Gasteiger partial charge in [-0.05, 0) is 74.5 Å². The van der Waals surface area contributed by atoms with E-state index in [0.29, 0.717) is 37.4 Å². The van der Waals surface area contributed by atoms with Crippen molar-refractivity contribution in [2.24, 2.45) is 0 Å². The van der Waals surface area contributed by atoms with Crippen LogP contribution in [0.3, 0.4) is 0 Å². The van der Waals surface area contributed by atoms with Crippen LogP contribution in [0, 0.1) is 0 Å². The topological polar surface area (TPSA) is 30.0 Å². The number of halogens is 6. The smallest absolute Gasteiger partial charge is 0.335 e. The van der Waals surface area contributed by atoms with Gasteiger partial charge in [-0.15, -0.1) is 0 Å². The summed E-state index contributed by atoms with van der Waals surface area (Å²) < 4.78 is 81.6. The largest absolute Gasteiger partial charge is 0.416 e. The second-order valence-corrected chi connectivity index (χ2v) is 13.4. The van der Waals surface area contributed by atoms with E-state index in [0.717, 1.165) is 64.2 Å². The Morgan fingerprint density at radius 1 is 0.625 bits per heavy atom. The van der Waals surface area contributed by atoms with Gasteiger partial charge >= 0.3 is 12.4 Å². The Hall–Kier alpha value is -3.41. The van der Waals surface area contributed by atoms with E-state index >= 15 is 0 Å². The summed E-state index contributed by atoms with van der Waals surface area (Å²) >= 11 is 0. The molecule has 258 valence electrons. The third kappa shape index (κ3) is 8.41. The third-order valence-electron chi connectivity index (χ3n) is 10.3. The van der Waals surface area contributed by atoms with Crippen LogP contribution in [0.2, 0.25) is 0 Å². The zero-order valence-electron chi connectivity index (χ0n) is 26.9. The highest BCUT2D eigenvalue weighted by Gasteiger charge is 2.40. The molecule has 3 aliphatic heterocycles. The molecular formula is C37H42F6N4O. The van der Waals surface area contributed by atoms with Crippen molar-refractivity contribution in [1.82, 2.24) is 19.6 Å². The first-order valence-electron chi connectivity index (χ1n) is 16.8. The Bertz CT molecular complexity index is 1470. The maximum atomic E-state index is 13.8. The molecule has 3 saturated heterocycles. The van der Waals surface area contributed by atoms with E-state index in [9.17, 15) is 31.1 Å². The summed E-state index contributed by atoms with van der Waals surface area (Å²) in [5, 5.41) is 0. The van der Waals surface area contributed by atoms with Crippen LogP contribution < -0.4 is 0 Å². The van der Waals surface area contributed by atoms with Crippen LogP contribution in [0.25, 0.3) is 0 Å². The summed E-state index contributed by atoms with van der Waals surface area (Å²) in [6, 6.07) is 21.6. The lowest BCUT2D eigenvalue weighted by atomic mass is 9.90. The predicted molar refractivity (Wildman–Crippen MR) is 172 cm³/mol. The Labute approximate surface area is 278 Å². The second-order valence-electron chi connectivity index (χ2n) is 13.4. The minimum absolute atomic E-state index is 0.0676. The lowest BCUT2D eigenvalue weighted by Crippen LogP contribution is -2.58.